The van der Waals surface area contributed by atoms with Crippen molar-refractivity contribution in [2.75, 3.05) is 6.54 Å². The van der Waals surface area contributed by atoms with Gasteiger partial charge in [0.25, 0.3) is 0 Å². The van der Waals surface area contributed by atoms with Crippen LogP contribution in [0.1, 0.15) is 0 Å². The summed E-state index contributed by atoms with van der Waals surface area (Å²) in [5, 5.41) is 3.83. The first kappa shape index (κ1) is 5.24. The molecule has 0 bridgehead atoms. The van der Waals surface area contributed by atoms with Gasteiger partial charge in [-0.2, -0.15) is 5.10 Å². The lowest BCUT2D eigenvalue weighted by Crippen LogP contribution is -2.09. The second-order valence-electron chi connectivity index (χ2n) is 1.45. The van der Waals surface area contributed by atoms with Crippen LogP contribution in [-0.2, 0) is 6.54 Å². The fourth-order valence-corrected chi connectivity index (χ4v) is 0.480. The lowest BCUT2D eigenvalue weighted by Gasteiger charge is -1.91. The molecule has 0 fully saturated rings. The van der Waals surface area contributed by atoms with E-state index in [1.54, 1.807) is 11.0 Å². The molecule has 0 unspecified atom stereocenters. The zero-order chi connectivity index (χ0) is 5.82. The van der Waals surface area contributed by atoms with Gasteiger partial charge in [-0.1, -0.05) is 0 Å². The van der Waals surface area contributed by atoms with Gasteiger partial charge in [0.15, 0.2) is 0 Å². The van der Waals surface area contributed by atoms with Crippen molar-refractivity contribution in [2.45, 2.75) is 6.54 Å². The molecule has 0 aliphatic heterocycles. The molecule has 0 radical (unpaired) electrons. The van der Waals surface area contributed by atoms with Gasteiger partial charge in [-0.15, -0.1) is 0 Å². The Morgan fingerprint density at radius 3 is 3.00 bits per heavy atom. The highest BCUT2D eigenvalue weighted by Crippen LogP contribution is 1.74. The van der Waals surface area contributed by atoms with E-state index in [2.05, 4.69) is 10.1 Å². The van der Waals surface area contributed by atoms with Gasteiger partial charge >= 0.3 is 0 Å². The molecule has 0 aliphatic carbocycles. The molecule has 1 rings (SSSR count). The van der Waals surface area contributed by atoms with Crippen molar-refractivity contribution in [3.8, 4) is 0 Å². The fraction of sp³-hybridized carbons (Fsp3) is 0.500. The molecule has 0 amide bonds. The van der Waals surface area contributed by atoms with E-state index in [1.165, 1.54) is 6.33 Å². The van der Waals surface area contributed by atoms with Gasteiger partial charge in [-0.25, -0.2) is 4.98 Å². The SMILES string of the molecule is NCCn1cncn1. The summed E-state index contributed by atoms with van der Waals surface area (Å²) in [6.45, 7) is 1.36. The molecule has 4 heteroatoms. The van der Waals surface area contributed by atoms with E-state index < -0.39 is 0 Å². The lowest BCUT2D eigenvalue weighted by atomic mass is 10.7. The highest BCUT2D eigenvalue weighted by molar-refractivity contribution is 4.54. The highest BCUT2D eigenvalue weighted by Gasteiger charge is 1.83. The number of hydrogen-bond acceptors (Lipinski definition) is 3. The molecule has 0 spiro atoms. The molecule has 1 aromatic heterocycles. The maximum absolute atomic E-state index is 5.23. The normalized spacial score (nSPS) is 9.62. The number of hydrogen-bond donors (Lipinski definition) is 1. The minimum Gasteiger partial charge on any atom is -0.329 e. The molecule has 0 aromatic carbocycles. The van der Waals surface area contributed by atoms with Crippen LogP contribution in [0.15, 0.2) is 12.7 Å². The van der Waals surface area contributed by atoms with Gasteiger partial charge < -0.3 is 5.73 Å². The molecule has 44 valence electrons. The molecule has 1 heterocycles. The molecule has 2 N–H and O–H groups in total. The number of aromatic nitrogens is 3. The van der Waals surface area contributed by atoms with Crippen molar-refractivity contribution in [3.63, 3.8) is 0 Å². The van der Waals surface area contributed by atoms with E-state index in [0.717, 1.165) is 6.54 Å². The molecule has 0 aliphatic rings. The van der Waals surface area contributed by atoms with Crippen molar-refractivity contribution in [1.82, 2.24) is 14.8 Å². The summed E-state index contributed by atoms with van der Waals surface area (Å²) in [4.78, 5) is 3.74. The molecular weight excluding hydrogens is 104 g/mol. The number of nitrogens with zero attached hydrogens (tertiary/aromatic N) is 3. The predicted molar refractivity (Wildman–Crippen MR) is 29.1 cm³/mol. The topological polar surface area (TPSA) is 56.7 Å². The summed E-state index contributed by atoms with van der Waals surface area (Å²) in [5.74, 6) is 0. The third kappa shape index (κ3) is 1.04. The van der Waals surface area contributed by atoms with E-state index in [0.29, 0.717) is 6.54 Å². The first-order chi connectivity index (χ1) is 3.93. The van der Waals surface area contributed by atoms with Crippen LogP contribution in [0.2, 0.25) is 0 Å². The summed E-state index contributed by atoms with van der Waals surface area (Å²) < 4.78 is 1.69. The average Bonchev–Trinajstić information content (AvgIpc) is 2.19. The second-order valence-corrected chi connectivity index (χ2v) is 1.45. The lowest BCUT2D eigenvalue weighted by molar-refractivity contribution is 0.623. The van der Waals surface area contributed by atoms with E-state index in [4.69, 9.17) is 5.73 Å². The van der Waals surface area contributed by atoms with Crippen LogP contribution in [0.25, 0.3) is 0 Å². The Labute approximate surface area is 47.3 Å². The first-order valence-corrected chi connectivity index (χ1v) is 2.46. The van der Waals surface area contributed by atoms with Gasteiger partial charge in [-0.05, 0) is 0 Å². The Morgan fingerprint density at radius 1 is 1.62 bits per heavy atom. The number of rotatable bonds is 2. The Balaban J connectivity index is 2.50. The highest BCUT2D eigenvalue weighted by atomic mass is 15.3. The number of nitrogens with two attached hydrogens (primary N) is 1. The summed E-state index contributed by atoms with van der Waals surface area (Å²) >= 11 is 0. The first-order valence-electron chi connectivity index (χ1n) is 2.46. The third-order valence-corrected chi connectivity index (χ3v) is 0.825. The Morgan fingerprint density at radius 2 is 2.50 bits per heavy atom. The standard InChI is InChI=1S/C4H8N4/c5-1-2-8-4-6-3-7-8/h3-4H,1-2,5H2. The van der Waals surface area contributed by atoms with E-state index in [1.807, 2.05) is 0 Å². The zero-order valence-corrected chi connectivity index (χ0v) is 4.49. The Bertz CT molecular complexity index is 134. The summed E-state index contributed by atoms with van der Waals surface area (Å²) in [6.07, 6.45) is 3.14. The maximum atomic E-state index is 5.23. The van der Waals surface area contributed by atoms with Crippen molar-refractivity contribution >= 4 is 0 Å². The summed E-state index contributed by atoms with van der Waals surface area (Å²) in [7, 11) is 0. The third-order valence-electron chi connectivity index (χ3n) is 0.825. The van der Waals surface area contributed by atoms with Crippen molar-refractivity contribution in [1.29, 1.82) is 0 Å². The van der Waals surface area contributed by atoms with Crippen LogP contribution in [0.5, 0.6) is 0 Å². The monoisotopic (exact) mass is 112 g/mol. The molecular formula is C4H8N4. The Kier molecular flexibility index (Phi) is 1.58. The van der Waals surface area contributed by atoms with E-state index >= 15 is 0 Å². The van der Waals surface area contributed by atoms with Gasteiger partial charge in [0.2, 0.25) is 0 Å². The van der Waals surface area contributed by atoms with Crippen molar-refractivity contribution in [2.24, 2.45) is 5.73 Å². The molecule has 4 nitrogen and oxygen atoms in total. The predicted octanol–water partition coefficient (Wildman–Crippen LogP) is -0.763. The van der Waals surface area contributed by atoms with Crippen LogP contribution in [-0.4, -0.2) is 21.3 Å². The fourth-order valence-electron chi connectivity index (χ4n) is 0.480. The molecule has 8 heavy (non-hydrogen) atoms. The molecule has 0 atom stereocenters. The second kappa shape index (κ2) is 2.42. The minimum atomic E-state index is 0.614. The largest absolute Gasteiger partial charge is 0.329 e. The Hall–Kier alpha value is -0.900. The van der Waals surface area contributed by atoms with Gasteiger partial charge in [-0.3, -0.25) is 4.68 Å². The van der Waals surface area contributed by atoms with Crippen molar-refractivity contribution < 1.29 is 0 Å². The van der Waals surface area contributed by atoms with Gasteiger partial charge in [0.1, 0.15) is 12.7 Å². The van der Waals surface area contributed by atoms with Gasteiger partial charge in [0, 0.05) is 6.54 Å². The average molecular weight is 112 g/mol. The van der Waals surface area contributed by atoms with Gasteiger partial charge in [0.05, 0.1) is 6.54 Å². The molecule has 1 aromatic rings. The van der Waals surface area contributed by atoms with Crippen LogP contribution < -0.4 is 5.73 Å². The van der Waals surface area contributed by atoms with Crippen LogP contribution in [0, 0.1) is 0 Å². The van der Waals surface area contributed by atoms with Crippen molar-refractivity contribution in [3.05, 3.63) is 12.7 Å². The van der Waals surface area contributed by atoms with Crippen LogP contribution in [0.3, 0.4) is 0 Å². The van der Waals surface area contributed by atoms with E-state index in [9.17, 15) is 0 Å². The maximum Gasteiger partial charge on any atom is 0.137 e. The summed E-state index contributed by atoms with van der Waals surface area (Å²) in [5.41, 5.74) is 5.23. The van der Waals surface area contributed by atoms with E-state index in [-0.39, 0.29) is 0 Å². The van der Waals surface area contributed by atoms with Crippen LogP contribution >= 0.6 is 0 Å². The summed E-state index contributed by atoms with van der Waals surface area (Å²) in [6, 6.07) is 0. The molecule has 0 saturated carbocycles. The zero-order valence-electron chi connectivity index (χ0n) is 4.49. The quantitative estimate of drug-likeness (QED) is 0.547. The smallest absolute Gasteiger partial charge is 0.137 e. The minimum absolute atomic E-state index is 0.614. The molecule has 0 saturated heterocycles. The van der Waals surface area contributed by atoms with Crippen LogP contribution in [0.4, 0.5) is 0 Å².